The van der Waals surface area contributed by atoms with E-state index in [-0.39, 0.29) is 35.1 Å². The lowest BCUT2D eigenvalue weighted by Gasteiger charge is -2.37. The summed E-state index contributed by atoms with van der Waals surface area (Å²) < 4.78 is 1.67. The van der Waals surface area contributed by atoms with Crippen molar-refractivity contribution in [3.05, 3.63) is 51.7 Å². The van der Waals surface area contributed by atoms with Gasteiger partial charge >= 0.3 is 0 Å². The molecule has 1 aliphatic rings. The largest absolute Gasteiger partial charge is 0.393 e. The van der Waals surface area contributed by atoms with Gasteiger partial charge in [-0.3, -0.25) is 14.3 Å². The van der Waals surface area contributed by atoms with Crippen molar-refractivity contribution in [1.29, 1.82) is 0 Å². The lowest BCUT2D eigenvalue weighted by Crippen LogP contribution is -2.42. The first-order valence-corrected chi connectivity index (χ1v) is 8.56. The van der Waals surface area contributed by atoms with E-state index in [0.717, 1.165) is 11.3 Å². The summed E-state index contributed by atoms with van der Waals surface area (Å²) in [6.07, 6.45) is 4.49. The third kappa shape index (κ3) is 3.66. The second-order valence-corrected chi connectivity index (χ2v) is 7.09. The van der Waals surface area contributed by atoms with Gasteiger partial charge in [0.2, 0.25) is 0 Å². The van der Waals surface area contributed by atoms with Crippen molar-refractivity contribution < 1.29 is 9.90 Å². The van der Waals surface area contributed by atoms with Gasteiger partial charge in [-0.15, -0.1) is 0 Å². The number of nitrogens with zero attached hydrogens (tertiary/aromatic N) is 2. The lowest BCUT2D eigenvalue weighted by molar-refractivity contribution is 0.0235. The number of aryl methyl sites for hydroxylation is 1. The number of hydrogen-bond acceptors (Lipinski definition) is 4. The minimum absolute atomic E-state index is 0.0955. The van der Waals surface area contributed by atoms with Crippen LogP contribution in [0.4, 0.5) is 0 Å². The maximum atomic E-state index is 12.6. The average molecular weight is 344 g/mol. The number of hydrogen-bond donors (Lipinski definition) is 3. The number of rotatable bonds is 5. The van der Waals surface area contributed by atoms with Crippen LogP contribution >= 0.6 is 0 Å². The molecule has 0 spiro atoms. The van der Waals surface area contributed by atoms with Crippen LogP contribution in [0.25, 0.3) is 0 Å². The SMILES string of the molecule is CC(C)c1ccc(C(=O)N[C@H](c2cnn(C)c2)C2CC(O)C2)c(=O)[nH]1. The van der Waals surface area contributed by atoms with Crippen LogP contribution in [-0.4, -0.2) is 31.9 Å². The highest BCUT2D eigenvalue weighted by Gasteiger charge is 2.36. The molecule has 1 saturated carbocycles. The molecule has 0 aromatic carbocycles. The fourth-order valence-electron chi connectivity index (χ4n) is 3.20. The van der Waals surface area contributed by atoms with E-state index in [1.165, 1.54) is 0 Å². The Morgan fingerprint density at radius 3 is 2.64 bits per heavy atom. The Hall–Kier alpha value is -2.41. The van der Waals surface area contributed by atoms with Crippen molar-refractivity contribution in [3.8, 4) is 0 Å². The summed E-state index contributed by atoms with van der Waals surface area (Å²) in [5, 5.41) is 16.7. The van der Waals surface area contributed by atoms with Crippen molar-refractivity contribution >= 4 is 5.91 Å². The number of carbonyl (C=O) groups excluding carboxylic acids is 1. The topological polar surface area (TPSA) is 100 Å². The fraction of sp³-hybridized carbons (Fsp3) is 0.500. The number of carbonyl (C=O) groups is 1. The van der Waals surface area contributed by atoms with Gasteiger partial charge in [-0.2, -0.15) is 5.10 Å². The lowest BCUT2D eigenvalue weighted by atomic mass is 9.75. The highest BCUT2D eigenvalue weighted by Crippen LogP contribution is 2.38. The van der Waals surface area contributed by atoms with Crippen LogP contribution in [0.15, 0.2) is 29.3 Å². The maximum absolute atomic E-state index is 12.6. The van der Waals surface area contributed by atoms with Crippen LogP contribution in [0.2, 0.25) is 0 Å². The van der Waals surface area contributed by atoms with Gasteiger partial charge in [-0.1, -0.05) is 13.8 Å². The molecule has 0 radical (unpaired) electrons. The van der Waals surface area contributed by atoms with E-state index in [1.807, 2.05) is 27.1 Å². The van der Waals surface area contributed by atoms with E-state index in [1.54, 1.807) is 23.0 Å². The number of H-pyrrole nitrogens is 1. The second-order valence-electron chi connectivity index (χ2n) is 7.09. The molecule has 7 heteroatoms. The number of amides is 1. The van der Waals surface area contributed by atoms with Gasteiger partial charge in [0.1, 0.15) is 5.56 Å². The normalized spacial score (nSPS) is 21.0. The van der Waals surface area contributed by atoms with Crippen molar-refractivity contribution in [2.75, 3.05) is 0 Å². The Labute approximate surface area is 146 Å². The van der Waals surface area contributed by atoms with E-state index in [2.05, 4.69) is 15.4 Å². The van der Waals surface area contributed by atoms with Gasteiger partial charge in [0.25, 0.3) is 11.5 Å². The van der Waals surface area contributed by atoms with Crippen molar-refractivity contribution in [2.45, 2.75) is 44.8 Å². The molecule has 0 saturated heterocycles. The molecule has 1 aliphatic carbocycles. The first-order chi connectivity index (χ1) is 11.8. The molecule has 134 valence electrons. The molecule has 2 heterocycles. The zero-order valence-electron chi connectivity index (χ0n) is 14.7. The average Bonchev–Trinajstić information content (AvgIpc) is 2.95. The second kappa shape index (κ2) is 6.84. The summed E-state index contributed by atoms with van der Waals surface area (Å²) in [5.41, 5.74) is 1.39. The van der Waals surface area contributed by atoms with Crippen molar-refractivity contribution in [3.63, 3.8) is 0 Å². The molecule has 2 aromatic heterocycles. The van der Waals surface area contributed by atoms with Crippen LogP contribution < -0.4 is 10.9 Å². The van der Waals surface area contributed by atoms with Gasteiger partial charge in [-0.25, -0.2) is 0 Å². The molecule has 2 aromatic rings. The molecule has 1 atom stereocenters. The van der Waals surface area contributed by atoms with Crippen LogP contribution in [0.5, 0.6) is 0 Å². The first-order valence-electron chi connectivity index (χ1n) is 8.56. The van der Waals surface area contributed by atoms with Gasteiger partial charge in [-0.05, 0) is 36.8 Å². The molecule has 1 amide bonds. The summed E-state index contributed by atoms with van der Waals surface area (Å²) >= 11 is 0. The molecular weight excluding hydrogens is 320 g/mol. The summed E-state index contributed by atoms with van der Waals surface area (Å²) in [5.74, 6) is -0.0895. The number of nitrogens with one attached hydrogen (secondary N) is 2. The molecular formula is C18H24N4O3. The van der Waals surface area contributed by atoms with E-state index in [4.69, 9.17) is 0 Å². The number of aromatic nitrogens is 3. The molecule has 0 aliphatic heterocycles. The zero-order chi connectivity index (χ0) is 18.1. The van der Waals surface area contributed by atoms with Gasteiger partial charge in [0.05, 0.1) is 18.3 Å². The van der Waals surface area contributed by atoms with Crippen LogP contribution in [-0.2, 0) is 7.05 Å². The van der Waals surface area contributed by atoms with Gasteiger partial charge < -0.3 is 15.4 Å². The van der Waals surface area contributed by atoms with E-state index in [9.17, 15) is 14.7 Å². The molecule has 7 nitrogen and oxygen atoms in total. The van der Waals surface area contributed by atoms with Crippen molar-refractivity contribution in [2.24, 2.45) is 13.0 Å². The Balaban J connectivity index is 1.82. The van der Waals surface area contributed by atoms with Crippen molar-refractivity contribution in [1.82, 2.24) is 20.1 Å². The number of aromatic amines is 1. The third-order valence-electron chi connectivity index (χ3n) is 4.79. The standard InChI is InChI=1S/C18H24N4O3/c1-10(2)15-5-4-14(17(24)20-15)18(25)21-16(11-6-13(23)7-11)12-8-19-22(3)9-12/h4-5,8-11,13,16,23H,6-7H2,1-3H3,(H,20,24)(H,21,25)/t11?,13?,16-/m0/s1. The zero-order valence-corrected chi connectivity index (χ0v) is 14.7. The number of aliphatic hydroxyl groups is 1. The fourth-order valence-corrected chi connectivity index (χ4v) is 3.20. The monoisotopic (exact) mass is 344 g/mol. The Bertz CT molecular complexity index is 818. The summed E-state index contributed by atoms with van der Waals surface area (Å²) in [6.45, 7) is 3.96. The van der Waals surface area contributed by atoms with Crippen LogP contribution in [0, 0.1) is 5.92 Å². The smallest absolute Gasteiger partial charge is 0.261 e. The summed E-state index contributed by atoms with van der Waals surface area (Å²) in [4.78, 5) is 27.6. The Morgan fingerprint density at radius 1 is 1.40 bits per heavy atom. The minimum atomic E-state index is -0.410. The quantitative estimate of drug-likeness (QED) is 0.765. The molecule has 1 fully saturated rings. The van der Waals surface area contributed by atoms with Gasteiger partial charge in [0, 0.05) is 24.5 Å². The molecule has 0 bridgehead atoms. The summed E-state index contributed by atoms with van der Waals surface area (Å²) in [6, 6.07) is 3.07. The first kappa shape index (κ1) is 17.4. The van der Waals surface area contributed by atoms with Crippen LogP contribution in [0.3, 0.4) is 0 Å². The van der Waals surface area contributed by atoms with Gasteiger partial charge in [0.15, 0.2) is 0 Å². The molecule has 3 rings (SSSR count). The molecule has 3 N–H and O–H groups in total. The maximum Gasteiger partial charge on any atom is 0.261 e. The molecule has 25 heavy (non-hydrogen) atoms. The predicted octanol–water partition coefficient (Wildman–Crippen LogP) is 1.47. The Morgan fingerprint density at radius 2 is 2.12 bits per heavy atom. The van der Waals surface area contributed by atoms with E-state index < -0.39 is 5.91 Å². The van der Waals surface area contributed by atoms with E-state index >= 15 is 0 Å². The molecule has 0 unspecified atom stereocenters. The minimum Gasteiger partial charge on any atom is -0.393 e. The van der Waals surface area contributed by atoms with E-state index in [0.29, 0.717) is 12.8 Å². The Kier molecular flexibility index (Phi) is 4.76. The number of pyridine rings is 1. The highest BCUT2D eigenvalue weighted by molar-refractivity contribution is 5.94. The number of aliphatic hydroxyl groups excluding tert-OH is 1. The third-order valence-corrected chi connectivity index (χ3v) is 4.79. The van der Waals surface area contributed by atoms with Crippen LogP contribution in [0.1, 0.15) is 60.3 Å². The highest BCUT2D eigenvalue weighted by atomic mass is 16.3. The predicted molar refractivity (Wildman–Crippen MR) is 93.3 cm³/mol. The summed E-state index contributed by atoms with van der Waals surface area (Å²) in [7, 11) is 1.81.